The van der Waals surface area contributed by atoms with Crippen molar-refractivity contribution in [1.82, 2.24) is 0 Å². The van der Waals surface area contributed by atoms with Gasteiger partial charge in [-0.05, 0) is 0 Å². The summed E-state index contributed by atoms with van der Waals surface area (Å²) >= 11 is -2.83. The van der Waals surface area contributed by atoms with Crippen LogP contribution in [0.4, 0.5) is 0 Å². The zero-order valence-corrected chi connectivity index (χ0v) is 14.8. The maximum absolute atomic E-state index is 9.54. The molecule has 3 rings (SSSR count). The molecule has 3 aromatic rings. The first-order chi connectivity index (χ1) is 10.9. The van der Waals surface area contributed by atoms with Gasteiger partial charge < -0.3 is 0 Å². The molecule has 0 N–H and O–H groups in total. The fraction of sp³-hybridized carbons (Fsp3) is 0. The first kappa shape index (κ1) is 15.1. The number of thiocyanates is 1. The number of nitrogens with zero attached hydrogens (tertiary/aromatic N) is 1. The summed E-state index contributed by atoms with van der Waals surface area (Å²) in [6, 6.07) is 31.5. The van der Waals surface area contributed by atoms with E-state index in [-0.39, 0.29) is 0 Å². The van der Waals surface area contributed by atoms with Crippen LogP contribution in [0, 0.1) is 10.7 Å². The summed E-state index contributed by atoms with van der Waals surface area (Å²) in [6.07, 6.45) is 0. The molecule has 0 radical (unpaired) electrons. The third-order valence-electron chi connectivity index (χ3n) is 2.98. The van der Waals surface area contributed by atoms with Crippen molar-refractivity contribution in [2.75, 3.05) is 0 Å². The second-order valence-electron chi connectivity index (χ2n) is 4.32. The van der Waals surface area contributed by atoms with Crippen LogP contribution in [0.15, 0.2) is 91.0 Å². The van der Waals surface area contributed by atoms with Crippen LogP contribution in [0.3, 0.4) is 0 Å². The van der Waals surface area contributed by atoms with Crippen molar-refractivity contribution in [3.05, 3.63) is 91.0 Å². The quantitative estimate of drug-likeness (QED) is 0.418. The average molecular weight is 486 g/mol. The van der Waals surface area contributed by atoms with Crippen molar-refractivity contribution in [3.8, 4) is 5.40 Å². The first-order valence-electron chi connectivity index (χ1n) is 6.74. The van der Waals surface area contributed by atoms with Gasteiger partial charge in [-0.3, -0.25) is 0 Å². The molecule has 0 aliphatic carbocycles. The molecule has 3 aromatic carbocycles. The van der Waals surface area contributed by atoms with Gasteiger partial charge in [-0.1, -0.05) is 0 Å². The summed E-state index contributed by atoms with van der Waals surface area (Å²) in [4.78, 5) is 0. The number of rotatable bonds is 4. The number of hydrogen-bond donors (Lipinski definition) is 0. The second-order valence-corrected chi connectivity index (χ2v) is 15.7. The van der Waals surface area contributed by atoms with Gasteiger partial charge in [0.05, 0.1) is 0 Å². The summed E-state index contributed by atoms with van der Waals surface area (Å²) in [6.45, 7) is 0. The van der Waals surface area contributed by atoms with E-state index in [0.29, 0.717) is 0 Å². The molecule has 0 fully saturated rings. The molecule has 0 aromatic heterocycles. The van der Waals surface area contributed by atoms with Gasteiger partial charge in [0, 0.05) is 0 Å². The van der Waals surface area contributed by atoms with Gasteiger partial charge in [0.1, 0.15) is 0 Å². The molecule has 0 atom stereocenters. The van der Waals surface area contributed by atoms with E-state index in [4.69, 9.17) is 0 Å². The zero-order chi connectivity index (χ0) is 15.3. The Morgan fingerprint density at radius 2 is 0.909 bits per heavy atom. The number of hydrogen-bond acceptors (Lipinski definition) is 2. The predicted molar refractivity (Wildman–Crippen MR) is 91.4 cm³/mol. The molecule has 22 heavy (non-hydrogen) atoms. The van der Waals surface area contributed by atoms with Gasteiger partial charge in [0.15, 0.2) is 0 Å². The van der Waals surface area contributed by atoms with Crippen LogP contribution in [-0.4, -0.2) is 0 Å². The first-order valence-corrected chi connectivity index (χ1v) is 13.3. The molecule has 0 saturated heterocycles. The van der Waals surface area contributed by atoms with Crippen molar-refractivity contribution in [1.29, 1.82) is 5.26 Å². The Bertz CT molecular complexity index is 670. The Kier molecular flexibility index (Phi) is 4.82. The van der Waals surface area contributed by atoms with Crippen LogP contribution in [0.2, 0.25) is 0 Å². The minimum atomic E-state index is -2.83. The Labute approximate surface area is 137 Å². The maximum atomic E-state index is 9.54. The van der Waals surface area contributed by atoms with Crippen molar-refractivity contribution in [2.24, 2.45) is 0 Å². The Morgan fingerprint density at radius 3 is 1.18 bits per heavy atom. The Balaban J connectivity index is 2.32. The SMILES string of the molecule is N#C[S][Au]([c]1ccccc1)([c]1ccccc1)[c]1ccccc1. The number of benzene rings is 3. The van der Waals surface area contributed by atoms with E-state index in [1.807, 2.05) is 18.2 Å². The van der Waals surface area contributed by atoms with Gasteiger partial charge >= 0.3 is 138 Å². The molecular formula is C19H15AuNS. The molecular weight excluding hydrogens is 471 g/mol. The molecule has 0 aliphatic rings. The van der Waals surface area contributed by atoms with Gasteiger partial charge in [-0.25, -0.2) is 0 Å². The third kappa shape index (κ3) is 2.77. The molecule has 0 heterocycles. The standard InChI is InChI=1S/3C6H5.CHNS.Au/c3*1-2-4-6-5-3-1;2-1-3;/h3*1-5H;3H;/q;;;;+1/p-1. The van der Waals surface area contributed by atoms with Crippen LogP contribution in [0.1, 0.15) is 0 Å². The van der Waals surface area contributed by atoms with Crippen LogP contribution < -0.4 is 11.3 Å². The normalized spacial score (nSPS) is 11.6. The summed E-state index contributed by atoms with van der Waals surface area (Å²) < 4.78 is 3.85. The average Bonchev–Trinajstić information content (AvgIpc) is 2.62. The van der Waals surface area contributed by atoms with Gasteiger partial charge in [-0.2, -0.15) is 0 Å². The zero-order valence-electron chi connectivity index (χ0n) is 11.8. The molecule has 0 spiro atoms. The van der Waals surface area contributed by atoms with E-state index in [1.54, 1.807) is 0 Å². The van der Waals surface area contributed by atoms with Gasteiger partial charge in [-0.15, -0.1) is 0 Å². The minimum absolute atomic E-state index is 1.28. The fourth-order valence-corrected chi connectivity index (χ4v) is 14.0. The molecule has 0 bridgehead atoms. The second kappa shape index (κ2) is 7.00. The third-order valence-corrected chi connectivity index (χ3v) is 16.7. The van der Waals surface area contributed by atoms with Crippen LogP contribution >= 0.6 is 9.23 Å². The monoisotopic (exact) mass is 486 g/mol. The summed E-state index contributed by atoms with van der Waals surface area (Å²) in [5.41, 5.74) is 0. The number of nitriles is 1. The molecule has 1 nitrogen and oxygen atoms in total. The molecule has 0 amide bonds. The van der Waals surface area contributed by atoms with Crippen molar-refractivity contribution in [3.63, 3.8) is 0 Å². The summed E-state index contributed by atoms with van der Waals surface area (Å²) in [5.74, 6) is 0. The van der Waals surface area contributed by atoms with Gasteiger partial charge in [0.25, 0.3) is 0 Å². The summed E-state index contributed by atoms with van der Waals surface area (Å²) in [5, 5.41) is 11.9. The van der Waals surface area contributed by atoms with Gasteiger partial charge in [0.2, 0.25) is 0 Å². The van der Waals surface area contributed by atoms with E-state index >= 15 is 0 Å². The molecule has 3 heteroatoms. The fourth-order valence-electron chi connectivity index (χ4n) is 2.07. The Hall–Kier alpha value is -1.76. The van der Waals surface area contributed by atoms with E-state index in [2.05, 4.69) is 78.2 Å². The molecule has 0 aliphatic heterocycles. The van der Waals surface area contributed by atoms with Crippen LogP contribution in [0.25, 0.3) is 0 Å². The topological polar surface area (TPSA) is 23.8 Å². The van der Waals surface area contributed by atoms with E-state index in [1.165, 1.54) is 20.6 Å². The van der Waals surface area contributed by atoms with E-state index in [0.717, 1.165) is 0 Å². The van der Waals surface area contributed by atoms with Crippen molar-refractivity contribution >= 4 is 20.6 Å². The van der Waals surface area contributed by atoms with Crippen LogP contribution in [0.5, 0.6) is 0 Å². The molecule has 0 unspecified atom stereocenters. The summed E-state index contributed by atoms with van der Waals surface area (Å²) in [7, 11) is 1.46. The predicted octanol–water partition coefficient (Wildman–Crippen LogP) is 3.25. The Morgan fingerprint density at radius 1 is 0.591 bits per heavy atom. The molecule has 113 valence electrons. The van der Waals surface area contributed by atoms with Crippen molar-refractivity contribution in [2.45, 2.75) is 0 Å². The molecule has 0 saturated carbocycles. The van der Waals surface area contributed by atoms with E-state index < -0.39 is 15.8 Å². The van der Waals surface area contributed by atoms with Crippen LogP contribution in [-0.2, 0) is 15.8 Å². The van der Waals surface area contributed by atoms with E-state index in [9.17, 15) is 5.26 Å². The van der Waals surface area contributed by atoms with Crippen molar-refractivity contribution < 1.29 is 15.8 Å².